The van der Waals surface area contributed by atoms with Gasteiger partial charge in [-0.15, -0.1) is 10.2 Å². The Morgan fingerprint density at radius 2 is 1.62 bits per heavy atom. The van der Waals surface area contributed by atoms with Crippen LogP contribution in [-0.4, -0.2) is 25.8 Å². The van der Waals surface area contributed by atoms with Crippen LogP contribution in [-0.2, 0) is 0 Å². The van der Waals surface area contributed by atoms with E-state index < -0.39 is 5.97 Å². The lowest BCUT2D eigenvalue weighted by molar-refractivity contribution is 0.0697. The molecule has 1 aromatic heterocycles. The zero-order chi connectivity index (χ0) is 11.7. The van der Waals surface area contributed by atoms with Gasteiger partial charge in [-0.3, -0.25) is 4.57 Å². The Labute approximate surface area is 92.4 Å². The molecule has 2 rings (SSSR count). The summed E-state index contributed by atoms with van der Waals surface area (Å²) in [5.41, 5.74) is 1.14. The van der Waals surface area contributed by atoms with Crippen molar-refractivity contribution >= 4 is 5.97 Å². The van der Waals surface area contributed by atoms with Crippen molar-refractivity contribution in [1.82, 2.24) is 14.8 Å². The number of aromatic nitrogens is 3. The van der Waals surface area contributed by atoms with E-state index in [1.165, 1.54) is 0 Å². The van der Waals surface area contributed by atoms with E-state index in [2.05, 4.69) is 10.2 Å². The van der Waals surface area contributed by atoms with Crippen LogP contribution in [0.25, 0.3) is 5.69 Å². The lowest BCUT2D eigenvalue weighted by Gasteiger charge is -2.06. The van der Waals surface area contributed by atoms with Gasteiger partial charge in [-0.2, -0.15) is 0 Å². The van der Waals surface area contributed by atoms with Gasteiger partial charge in [0.05, 0.1) is 5.56 Å². The molecule has 16 heavy (non-hydrogen) atoms. The number of benzene rings is 1. The second-order valence-electron chi connectivity index (χ2n) is 3.48. The molecule has 82 valence electrons. The van der Waals surface area contributed by atoms with Gasteiger partial charge < -0.3 is 5.11 Å². The third-order valence-corrected chi connectivity index (χ3v) is 2.36. The highest BCUT2D eigenvalue weighted by Crippen LogP contribution is 2.13. The monoisotopic (exact) mass is 217 g/mol. The van der Waals surface area contributed by atoms with Crippen molar-refractivity contribution in [3.8, 4) is 5.69 Å². The van der Waals surface area contributed by atoms with Crippen LogP contribution in [0.2, 0.25) is 0 Å². The molecule has 0 atom stereocenters. The number of rotatable bonds is 2. The summed E-state index contributed by atoms with van der Waals surface area (Å²) < 4.78 is 1.87. The highest BCUT2D eigenvalue weighted by molar-refractivity contribution is 5.87. The van der Waals surface area contributed by atoms with Crippen LogP contribution in [0, 0.1) is 13.8 Å². The predicted octanol–water partition coefficient (Wildman–Crippen LogP) is 1.58. The molecule has 0 fully saturated rings. The Balaban J connectivity index is 2.46. The molecular formula is C11H11N3O2. The van der Waals surface area contributed by atoms with Gasteiger partial charge in [-0.05, 0) is 38.1 Å². The number of carboxylic acid groups (broad SMARTS) is 1. The van der Waals surface area contributed by atoms with Crippen LogP contribution in [0.4, 0.5) is 0 Å². The van der Waals surface area contributed by atoms with E-state index in [0.717, 1.165) is 17.3 Å². The van der Waals surface area contributed by atoms with Crippen molar-refractivity contribution in [3.63, 3.8) is 0 Å². The van der Waals surface area contributed by atoms with E-state index in [1.807, 2.05) is 18.4 Å². The Kier molecular flexibility index (Phi) is 2.44. The summed E-state index contributed by atoms with van der Waals surface area (Å²) in [6, 6.07) is 6.62. The first-order valence-electron chi connectivity index (χ1n) is 4.82. The maximum absolute atomic E-state index is 10.7. The Morgan fingerprint density at radius 1 is 1.12 bits per heavy atom. The van der Waals surface area contributed by atoms with Crippen molar-refractivity contribution in [2.45, 2.75) is 13.8 Å². The minimum atomic E-state index is -0.927. The molecule has 1 aromatic carbocycles. The fraction of sp³-hybridized carbons (Fsp3) is 0.182. The number of carbonyl (C=O) groups is 1. The summed E-state index contributed by atoms with van der Waals surface area (Å²) in [4.78, 5) is 10.7. The highest BCUT2D eigenvalue weighted by atomic mass is 16.4. The van der Waals surface area contributed by atoms with E-state index in [-0.39, 0.29) is 5.56 Å². The SMILES string of the molecule is Cc1nnc(C)n1-c1ccc(C(=O)O)cc1. The van der Waals surface area contributed by atoms with Crippen LogP contribution in [0.1, 0.15) is 22.0 Å². The second kappa shape index (κ2) is 3.77. The van der Waals surface area contributed by atoms with Gasteiger partial charge in [0.25, 0.3) is 0 Å². The average molecular weight is 217 g/mol. The van der Waals surface area contributed by atoms with E-state index >= 15 is 0 Å². The van der Waals surface area contributed by atoms with Crippen LogP contribution in [0.15, 0.2) is 24.3 Å². The molecule has 0 spiro atoms. The van der Waals surface area contributed by atoms with Gasteiger partial charge in [0.15, 0.2) is 0 Å². The zero-order valence-electron chi connectivity index (χ0n) is 9.01. The highest BCUT2D eigenvalue weighted by Gasteiger charge is 2.07. The maximum Gasteiger partial charge on any atom is 0.335 e. The van der Waals surface area contributed by atoms with E-state index in [0.29, 0.717) is 0 Å². The van der Waals surface area contributed by atoms with E-state index in [4.69, 9.17) is 5.11 Å². The maximum atomic E-state index is 10.7. The first kappa shape index (κ1) is 10.4. The molecule has 0 bridgehead atoms. The standard InChI is InChI=1S/C11H11N3O2/c1-7-12-13-8(2)14(7)10-5-3-9(4-6-10)11(15)16/h3-6H,1-2H3,(H,15,16). The summed E-state index contributed by atoms with van der Waals surface area (Å²) in [5, 5.41) is 16.7. The predicted molar refractivity (Wildman–Crippen MR) is 57.8 cm³/mol. The molecule has 0 amide bonds. The molecule has 0 aliphatic heterocycles. The van der Waals surface area contributed by atoms with E-state index in [1.54, 1.807) is 24.3 Å². The molecule has 0 saturated heterocycles. The molecule has 0 aliphatic carbocycles. The number of aryl methyl sites for hydroxylation is 2. The minimum Gasteiger partial charge on any atom is -0.478 e. The number of aromatic carboxylic acids is 1. The molecule has 0 aliphatic rings. The van der Waals surface area contributed by atoms with Gasteiger partial charge in [0.2, 0.25) is 0 Å². The fourth-order valence-corrected chi connectivity index (χ4v) is 1.60. The van der Waals surface area contributed by atoms with Gasteiger partial charge in [-0.1, -0.05) is 0 Å². The Morgan fingerprint density at radius 3 is 2.06 bits per heavy atom. The minimum absolute atomic E-state index is 0.270. The number of hydrogen-bond acceptors (Lipinski definition) is 3. The summed E-state index contributed by atoms with van der Waals surface area (Å²) in [6.45, 7) is 3.70. The molecule has 1 N–H and O–H groups in total. The molecule has 0 radical (unpaired) electrons. The third kappa shape index (κ3) is 1.67. The van der Waals surface area contributed by atoms with Gasteiger partial charge in [0, 0.05) is 5.69 Å². The van der Waals surface area contributed by atoms with E-state index in [9.17, 15) is 4.79 Å². The average Bonchev–Trinajstić information content (AvgIpc) is 2.59. The largest absolute Gasteiger partial charge is 0.478 e. The Bertz CT molecular complexity index is 509. The first-order valence-corrected chi connectivity index (χ1v) is 4.82. The quantitative estimate of drug-likeness (QED) is 0.829. The summed E-state index contributed by atoms with van der Waals surface area (Å²) in [5.74, 6) is 0.630. The summed E-state index contributed by atoms with van der Waals surface area (Å²) >= 11 is 0. The normalized spacial score (nSPS) is 10.4. The van der Waals surface area contributed by atoms with Crippen LogP contribution >= 0.6 is 0 Å². The number of carboxylic acids is 1. The molecule has 2 aromatic rings. The molecule has 5 nitrogen and oxygen atoms in total. The van der Waals surface area contributed by atoms with Crippen LogP contribution < -0.4 is 0 Å². The van der Waals surface area contributed by atoms with Crippen molar-refractivity contribution in [2.24, 2.45) is 0 Å². The summed E-state index contributed by atoms with van der Waals surface area (Å²) in [6.07, 6.45) is 0. The first-order chi connectivity index (χ1) is 7.59. The fourth-order valence-electron chi connectivity index (χ4n) is 1.60. The lowest BCUT2D eigenvalue weighted by Crippen LogP contribution is -2.01. The van der Waals surface area contributed by atoms with Gasteiger partial charge in [-0.25, -0.2) is 4.79 Å². The topological polar surface area (TPSA) is 68.0 Å². The molecular weight excluding hydrogens is 206 g/mol. The molecule has 1 heterocycles. The van der Waals surface area contributed by atoms with Crippen molar-refractivity contribution in [2.75, 3.05) is 0 Å². The van der Waals surface area contributed by atoms with Gasteiger partial charge in [0.1, 0.15) is 11.6 Å². The lowest BCUT2D eigenvalue weighted by atomic mass is 10.2. The second-order valence-corrected chi connectivity index (χ2v) is 3.48. The van der Waals surface area contributed by atoms with Crippen LogP contribution in [0.3, 0.4) is 0 Å². The smallest absolute Gasteiger partial charge is 0.335 e. The number of hydrogen-bond donors (Lipinski definition) is 1. The number of nitrogens with zero attached hydrogens (tertiary/aromatic N) is 3. The zero-order valence-corrected chi connectivity index (χ0v) is 9.01. The molecule has 5 heteroatoms. The van der Waals surface area contributed by atoms with Crippen molar-refractivity contribution in [3.05, 3.63) is 41.5 Å². The van der Waals surface area contributed by atoms with Crippen LogP contribution in [0.5, 0.6) is 0 Å². The van der Waals surface area contributed by atoms with Crippen molar-refractivity contribution in [1.29, 1.82) is 0 Å². The summed E-state index contributed by atoms with van der Waals surface area (Å²) in [7, 11) is 0. The third-order valence-electron chi connectivity index (χ3n) is 2.36. The Hall–Kier alpha value is -2.17. The van der Waals surface area contributed by atoms with Crippen molar-refractivity contribution < 1.29 is 9.90 Å². The van der Waals surface area contributed by atoms with Gasteiger partial charge >= 0.3 is 5.97 Å². The molecule has 0 saturated carbocycles. The molecule has 0 unspecified atom stereocenters.